The van der Waals surface area contributed by atoms with Gasteiger partial charge in [-0.1, -0.05) is 6.07 Å². The summed E-state index contributed by atoms with van der Waals surface area (Å²) in [6, 6.07) is 8.61. The third-order valence-electron chi connectivity index (χ3n) is 4.08. The second kappa shape index (κ2) is 4.22. The monoisotopic (exact) mass is 286 g/mol. The Balaban J connectivity index is 1.81. The van der Waals surface area contributed by atoms with E-state index in [1.165, 1.54) is 7.11 Å². The summed E-state index contributed by atoms with van der Waals surface area (Å²) in [5.41, 5.74) is 1.79. The van der Waals surface area contributed by atoms with Crippen LogP contribution >= 0.6 is 0 Å². The Bertz CT molecular complexity index is 725. The summed E-state index contributed by atoms with van der Waals surface area (Å²) in [4.78, 5) is 0. The maximum atomic E-state index is 10.2. The summed E-state index contributed by atoms with van der Waals surface area (Å²) in [5, 5.41) is 19.8. The highest BCUT2D eigenvalue weighted by atomic mass is 16.5. The molecule has 108 valence electrons. The van der Waals surface area contributed by atoms with Crippen LogP contribution in [0.1, 0.15) is 23.1 Å². The molecule has 2 N–H and O–H groups in total. The zero-order valence-electron chi connectivity index (χ0n) is 11.4. The molecule has 0 radical (unpaired) electrons. The molecular formula is C16H14O5. The number of hydrogen-bond acceptors (Lipinski definition) is 5. The Morgan fingerprint density at radius 2 is 1.95 bits per heavy atom. The van der Waals surface area contributed by atoms with Crippen molar-refractivity contribution in [1.29, 1.82) is 0 Å². The van der Waals surface area contributed by atoms with Crippen molar-refractivity contribution in [3.63, 3.8) is 0 Å². The molecule has 0 saturated carbocycles. The van der Waals surface area contributed by atoms with Gasteiger partial charge in [0.2, 0.25) is 5.75 Å². The molecule has 0 aromatic heterocycles. The SMILES string of the molecule is COc1ccc2c(c1O)O[C@@H]1c3ccc(O)cc3OC[C@H]21. The van der Waals surface area contributed by atoms with Crippen molar-refractivity contribution in [1.82, 2.24) is 0 Å². The number of phenols is 2. The normalized spacial score (nSPS) is 21.6. The van der Waals surface area contributed by atoms with E-state index in [0.717, 1.165) is 11.1 Å². The molecule has 0 bridgehead atoms. The molecule has 2 aromatic carbocycles. The van der Waals surface area contributed by atoms with Crippen molar-refractivity contribution in [3.8, 4) is 28.7 Å². The molecule has 21 heavy (non-hydrogen) atoms. The van der Waals surface area contributed by atoms with Crippen LogP contribution in [-0.2, 0) is 0 Å². The number of methoxy groups -OCH3 is 1. The first kappa shape index (κ1) is 12.2. The van der Waals surface area contributed by atoms with Crippen LogP contribution in [0.2, 0.25) is 0 Å². The molecule has 2 aliphatic rings. The van der Waals surface area contributed by atoms with E-state index in [9.17, 15) is 10.2 Å². The Hall–Kier alpha value is -2.56. The number of hydrogen-bond donors (Lipinski definition) is 2. The third kappa shape index (κ3) is 1.63. The van der Waals surface area contributed by atoms with Crippen LogP contribution in [0.25, 0.3) is 0 Å². The first-order valence-corrected chi connectivity index (χ1v) is 6.71. The van der Waals surface area contributed by atoms with Crippen LogP contribution in [-0.4, -0.2) is 23.9 Å². The minimum Gasteiger partial charge on any atom is -0.508 e. The molecule has 5 heteroatoms. The van der Waals surface area contributed by atoms with Gasteiger partial charge in [-0.2, -0.15) is 0 Å². The maximum Gasteiger partial charge on any atom is 0.201 e. The lowest BCUT2D eigenvalue weighted by Crippen LogP contribution is -2.22. The summed E-state index contributed by atoms with van der Waals surface area (Å²) in [5.74, 6) is 1.66. The largest absolute Gasteiger partial charge is 0.508 e. The van der Waals surface area contributed by atoms with E-state index in [-0.39, 0.29) is 23.5 Å². The zero-order valence-corrected chi connectivity index (χ0v) is 11.4. The fraction of sp³-hybridized carbons (Fsp3) is 0.250. The Morgan fingerprint density at radius 3 is 2.76 bits per heavy atom. The molecule has 0 spiro atoms. The second-order valence-electron chi connectivity index (χ2n) is 5.21. The molecule has 0 unspecified atom stereocenters. The molecule has 2 atom stereocenters. The number of fused-ring (bicyclic) bond motifs is 5. The lowest BCUT2D eigenvalue weighted by Gasteiger charge is -2.27. The van der Waals surface area contributed by atoms with Gasteiger partial charge in [0.25, 0.3) is 0 Å². The predicted octanol–water partition coefficient (Wildman–Crippen LogP) is 2.72. The smallest absolute Gasteiger partial charge is 0.201 e. The minimum absolute atomic E-state index is 0.0183. The van der Waals surface area contributed by atoms with Crippen LogP contribution in [0.15, 0.2) is 30.3 Å². The van der Waals surface area contributed by atoms with E-state index < -0.39 is 0 Å². The summed E-state index contributed by atoms with van der Waals surface area (Å²) >= 11 is 0. The first-order chi connectivity index (χ1) is 10.2. The first-order valence-electron chi connectivity index (χ1n) is 6.71. The van der Waals surface area contributed by atoms with E-state index in [2.05, 4.69) is 0 Å². The van der Waals surface area contributed by atoms with Crippen molar-refractivity contribution < 1.29 is 24.4 Å². The van der Waals surface area contributed by atoms with Crippen LogP contribution in [0, 0.1) is 0 Å². The van der Waals surface area contributed by atoms with Crippen molar-refractivity contribution in [3.05, 3.63) is 41.5 Å². The van der Waals surface area contributed by atoms with Gasteiger partial charge in [0.05, 0.1) is 19.6 Å². The van der Waals surface area contributed by atoms with Gasteiger partial charge in [-0.05, 0) is 18.2 Å². The molecule has 2 aliphatic heterocycles. The highest BCUT2D eigenvalue weighted by molar-refractivity contribution is 5.60. The molecular weight excluding hydrogens is 272 g/mol. The van der Waals surface area contributed by atoms with Crippen LogP contribution in [0.3, 0.4) is 0 Å². The van der Waals surface area contributed by atoms with Crippen molar-refractivity contribution >= 4 is 0 Å². The number of ether oxygens (including phenoxy) is 3. The topological polar surface area (TPSA) is 68.2 Å². The van der Waals surface area contributed by atoms with Gasteiger partial charge in [0.15, 0.2) is 11.5 Å². The quantitative estimate of drug-likeness (QED) is 0.843. The predicted molar refractivity (Wildman–Crippen MR) is 74.4 cm³/mol. The highest BCUT2D eigenvalue weighted by Gasteiger charge is 2.42. The Kier molecular flexibility index (Phi) is 2.45. The summed E-state index contributed by atoms with van der Waals surface area (Å²) < 4.78 is 16.8. The number of benzene rings is 2. The van der Waals surface area contributed by atoms with Crippen LogP contribution < -0.4 is 14.2 Å². The summed E-state index contributed by atoms with van der Waals surface area (Å²) in [6.45, 7) is 0.444. The molecule has 0 amide bonds. The lowest BCUT2D eigenvalue weighted by molar-refractivity contribution is 0.136. The van der Waals surface area contributed by atoms with Gasteiger partial charge in [-0.3, -0.25) is 0 Å². The van der Waals surface area contributed by atoms with Gasteiger partial charge in [0, 0.05) is 17.2 Å². The highest BCUT2D eigenvalue weighted by Crippen LogP contribution is 2.55. The molecule has 0 aliphatic carbocycles. The lowest BCUT2D eigenvalue weighted by atomic mass is 9.89. The van der Waals surface area contributed by atoms with Gasteiger partial charge >= 0.3 is 0 Å². The molecule has 5 nitrogen and oxygen atoms in total. The number of rotatable bonds is 1. The second-order valence-corrected chi connectivity index (χ2v) is 5.21. The minimum atomic E-state index is -0.220. The summed E-state index contributed by atoms with van der Waals surface area (Å²) in [6.07, 6.45) is -0.220. The molecule has 2 heterocycles. The fourth-order valence-electron chi connectivity index (χ4n) is 3.04. The van der Waals surface area contributed by atoms with E-state index in [0.29, 0.717) is 23.9 Å². The molecule has 2 aromatic rings. The van der Waals surface area contributed by atoms with Gasteiger partial charge in [0.1, 0.15) is 17.6 Å². The molecule has 0 saturated heterocycles. The average Bonchev–Trinajstić information content (AvgIpc) is 2.87. The van der Waals surface area contributed by atoms with Crippen LogP contribution in [0.4, 0.5) is 0 Å². The number of phenolic OH excluding ortho intramolecular Hbond substituents is 2. The van der Waals surface area contributed by atoms with E-state index >= 15 is 0 Å². The average molecular weight is 286 g/mol. The Labute approximate surface area is 121 Å². The van der Waals surface area contributed by atoms with Crippen molar-refractivity contribution in [2.75, 3.05) is 13.7 Å². The molecule has 4 rings (SSSR count). The summed E-state index contributed by atoms with van der Waals surface area (Å²) in [7, 11) is 1.50. The van der Waals surface area contributed by atoms with Gasteiger partial charge in [-0.25, -0.2) is 0 Å². The number of aromatic hydroxyl groups is 2. The van der Waals surface area contributed by atoms with Crippen LogP contribution in [0.5, 0.6) is 28.7 Å². The van der Waals surface area contributed by atoms with Crippen molar-refractivity contribution in [2.45, 2.75) is 12.0 Å². The third-order valence-corrected chi connectivity index (χ3v) is 4.08. The van der Waals surface area contributed by atoms with E-state index in [4.69, 9.17) is 14.2 Å². The molecule has 0 fully saturated rings. The van der Waals surface area contributed by atoms with E-state index in [1.54, 1.807) is 24.3 Å². The Morgan fingerprint density at radius 1 is 1.14 bits per heavy atom. The van der Waals surface area contributed by atoms with Gasteiger partial charge < -0.3 is 24.4 Å². The van der Waals surface area contributed by atoms with Crippen molar-refractivity contribution in [2.24, 2.45) is 0 Å². The van der Waals surface area contributed by atoms with Gasteiger partial charge in [-0.15, -0.1) is 0 Å². The maximum absolute atomic E-state index is 10.2. The standard InChI is InChI=1S/C16H14O5/c1-19-12-5-4-9-11-7-20-13-6-8(17)2-3-10(13)15(11)21-16(9)14(12)18/h2-6,11,15,17-18H,7H2,1H3/t11-,15-/m1/s1. The van der Waals surface area contributed by atoms with E-state index in [1.807, 2.05) is 6.07 Å². The fourth-order valence-corrected chi connectivity index (χ4v) is 3.04. The zero-order chi connectivity index (χ0) is 14.6.